The highest BCUT2D eigenvalue weighted by Gasteiger charge is 2.70. The SMILES string of the molecule is C=CC[C@H]1CC[C@]2(C(=O)OC)[C@H]([C@@H]3COC(C)(C)N3C(=O)OC(C)(C)C)OC(=O)N12. The van der Waals surface area contributed by atoms with Gasteiger partial charge in [-0.25, -0.2) is 14.4 Å². The molecule has 3 aliphatic heterocycles. The number of rotatable bonds is 4. The first-order valence-corrected chi connectivity index (χ1v) is 10.2. The summed E-state index contributed by atoms with van der Waals surface area (Å²) in [6.45, 7) is 12.7. The maximum Gasteiger partial charge on any atom is 0.413 e. The van der Waals surface area contributed by atoms with E-state index >= 15 is 0 Å². The monoisotopic (exact) mass is 424 g/mol. The number of cyclic esters (lactones) is 1. The minimum atomic E-state index is -1.33. The fraction of sp³-hybridized carbons (Fsp3) is 0.762. The van der Waals surface area contributed by atoms with Crippen molar-refractivity contribution in [3.05, 3.63) is 12.7 Å². The Morgan fingerprint density at radius 1 is 1.33 bits per heavy atom. The van der Waals surface area contributed by atoms with Crippen LogP contribution >= 0.6 is 0 Å². The lowest BCUT2D eigenvalue weighted by atomic mass is 9.85. The summed E-state index contributed by atoms with van der Waals surface area (Å²) in [5.74, 6) is -0.557. The average Bonchev–Trinajstić information content (AvgIpc) is 3.24. The predicted octanol–water partition coefficient (Wildman–Crippen LogP) is 2.83. The van der Waals surface area contributed by atoms with Gasteiger partial charge in [0.15, 0.2) is 11.6 Å². The Hall–Kier alpha value is -2.29. The maximum atomic E-state index is 13.1. The minimum absolute atomic E-state index is 0.100. The number of nitrogens with zero attached hydrogens (tertiary/aromatic N) is 2. The van der Waals surface area contributed by atoms with Crippen LogP contribution in [-0.4, -0.2) is 76.7 Å². The van der Waals surface area contributed by atoms with Crippen molar-refractivity contribution in [1.29, 1.82) is 0 Å². The number of amides is 2. The van der Waals surface area contributed by atoms with Crippen LogP contribution in [0.4, 0.5) is 9.59 Å². The van der Waals surface area contributed by atoms with Crippen LogP contribution in [0.2, 0.25) is 0 Å². The molecule has 3 heterocycles. The number of ether oxygens (including phenoxy) is 4. The lowest BCUT2D eigenvalue weighted by molar-refractivity contribution is -0.155. The highest BCUT2D eigenvalue weighted by Crippen LogP contribution is 2.48. The molecule has 0 aromatic heterocycles. The van der Waals surface area contributed by atoms with Crippen LogP contribution in [0.3, 0.4) is 0 Å². The smallest absolute Gasteiger partial charge is 0.413 e. The quantitative estimate of drug-likeness (QED) is 0.389. The highest BCUT2D eigenvalue weighted by atomic mass is 16.6. The van der Waals surface area contributed by atoms with Crippen molar-refractivity contribution in [2.75, 3.05) is 13.7 Å². The molecule has 168 valence electrons. The van der Waals surface area contributed by atoms with E-state index in [2.05, 4.69) is 6.58 Å². The van der Waals surface area contributed by atoms with Crippen LogP contribution in [0.15, 0.2) is 12.7 Å². The normalized spacial score (nSPS) is 32.6. The van der Waals surface area contributed by atoms with Crippen molar-refractivity contribution >= 4 is 18.2 Å². The molecule has 3 aliphatic rings. The van der Waals surface area contributed by atoms with Crippen molar-refractivity contribution in [3.8, 4) is 0 Å². The Kier molecular flexibility index (Phi) is 5.56. The second kappa shape index (κ2) is 7.44. The van der Waals surface area contributed by atoms with Gasteiger partial charge in [-0.3, -0.25) is 9.80 Å². The van der Waals surface area contributed by atoms with Gasteiger partial charge in [0.05, 0.1) is 13.7 Å². The van der Waals surface area contributed by atoms with Gasteiger partial charge in [0.2, 0.25) is 0 Å². The molecule has 3 saturated heterocycles. The first-order valence-electron chi connectivity index (χ1n) is 10.2. The van der Waals surface area contributed by atoms with E-state index in [0.717, 1.165) is 0 Å². The topological polar surface area (TPSA) is 94.6 Å². The highest BCUT2D eigenvalue weighted by molar-refractivity contribution is 5.91. The van der Waals surface area contributed by atoms with E-state index in [1.165, 1.54) is 16.9 Å². The van der Waals surface area contributed by atoms with Crippen molar-refractivity contribution in [2.24, 2.45) is 0 Å². The summed E-state index contributed by atoms with van der Waals surface area (Å²) >= 11 is 0. The molecule has 3 rings (SSSR count). The molecule has 0 spiro atoms. The van der Waals surface area contributed by atoms with E-state index in [1.807, 2.05) is 0 Å². The summed E-state index contributed by atoms with van der Waals surface area (Å²) in [6, 6.07) is -0.921. The van der Waals surface area contributed by atoms with Gasteiger partial charge in [-0.2, -0.15) is 0 Å². The molecule has 9 nitrogen and oxygen atoms in total. The summed E-state index contributed by atoms with van der Waals surface area (Å²) in [5, 5.41) is 0. The molecular weight excluding hydrogens is 392 g/mol. The molecule has 0 aromatic rings. The summed E-state index contributed by atoms with van der Waals surface area (Å²) in [4.78, 5) is 41.9. The van der Waals surface area contributed by atoms with E-state index in [-0.39, 0.29) is 12.6 Å². The van der Waals surface area contributed by atoms with Gasteiger partial charge < -0.3 is 18.9 Å². The molecule has 2 amide bonds. The number of hydrogen-bond acceptors (Lipinski definition) is 7. The Balaban J connectivity index is 2.02. The van der Waals surface area contributed by atoms with E-state index in [4.69, 9.17) is 18.9 Å². The molecule has 0 saturated carbocycles. The molecule has 0 aliphatic carbocycles. The molecule has 0 unspecified atom stereocenters. The Morgan fingerprint density at radius 2 is 2.00 bits per heavy atom. The van der Waals surface area contributed by atoms with Gasteiger partial charge in [-0.1, -0.05) is 6.08 Å². The van der Waals surface area contributed by atoms with Gasteiger partial charge in [0, 0.05) is 6.04 Å². The number of esters is 1. The zero-order chi connectivity index (χ0) is 22.5. The summed E-state index contributed by atoms with van der Waals surface area (Å²) in [6.07, 6.45) is 1.09. The third-order valence-corrected chi connectivity index (χ3v) is 5.99. The molecule has 4 atom stereocenters. The number of carbonyl (C=O) groups excluding carboxylic acids is 3. The molecule has 30 heavy (non-hydrogen) atoms. The van der Waals surface area contributed by atoms with Crippen LogP contribution < -0.4 is 0 Å². The third-order valence-electron chi connectivity index (χ3n) is 5.99. The largest absolute Gasteiger partial charge is 0.467 e. The second-order valence-electron chi connectivity index (χ2n) is 9.48. The molecule has 0 aromatic carbocycles. The summed E-state index contributed by atoms with van der Waals surface area (Å²) < 4.78 is 22.3. The van der Waals surface area contributed by atoms with E-state index in [1.54, 1.807) is 40.7 Å². The molecule has 3 fully saturated rings. The van der Waals surface area contributed by atoms with Crippen LogP contribution in [0.25, 0.3) is 0 Å². The zero-order valence-electron chi connectivity index (χ0n) is 18.6. The maximum absolute atomic E-state index is 13.1. The van der Waals surface area contributed by atoms with Crippen molar-refractivity contribution < 1.29 is 33.3 Å². The van der Waals surface area contributed by atoms with Crippen molar-refractivity contribution in [2.45, 2.75) is 88.9 Å². The Morgan fingerprint density at radius 3 is 2.57 bits per heavy atom. The standard InChI is InChI=1S/C21H32N2O7/c1-8-9-13-10-11-21(16(24)27-7)15(29-17(25)22(13)21)14-12-28-20(5,6)23(14)18(26)30-19(2,3)4/h8,13-15H,1,9-12H2,2-7H3/t13-,14-,15-,21+/m0/s1. The van der Waals surface area contributed by atoms with Gasteiger partial charge in [-0.05, 0) is 53.9 Å². The number of fused-ring (bicyclic) bond motifs is 1. The van der Waals surface area contributed by atoms with E-state index in [0.29, 0.717) is 19.3 Å². The number of methoxy groups -OCH3 is 1. The Labute approximate surface area is 177 Å². The van der Waals surface area contributed by atoms with Crippen molar-refractivity contribution in [3.63, 3.8) is 0 Å². The summed E-state index contributed by atoms with van der Waals surface area (Å²) in [7, 11) is 1.29. The molecule has 9 heteroatoms. The average molecular weight is 424 g/mol. The first kappa shape index (κ1) is 22.4. The molecule has 0 bridgehead atoms. The molecule has 0 N–H and O–H groups in total. The van der Waals surface area contributed by atoms with Crippen LogP contribution in [0.1, 0.15) is 53.9 Å². The van der Waals surface area contributed by atoms with Gasteiger partial charge >= 0.3 is 18.2 Å². The van der Waals surface area contributed by atoms with Crippen molar-refractivity contribution in [1.82, 2.24) is 9.80 Å². The van der Waals surface area contributed by atoms with E-state index < -0.39 is 47.2 Å². The fourth-order valence-corrected chi connectivity index (χ4v) is 4.84. The third kappa shape index (κ3) is 3.42. The van der Waals surface area contributed by atoms with Gasteiger partial charge in [0.1, 0.15) is 17.4 Å². The predicted molar refractivity (Wildman–Crippen MR) is 107 cm³/mol. The zero-order valence-corrected chi connectivity index (χ0v) is 18.6. The molecule has 0 radical (unpaired) electrons. The lowest BCUT2D eigenvalue weighted by Gasteiger charge is -2.40. The van der Waals surface area contributed by atoms with E-state index in [9.17, 15) is 14.4 Å². The lowest BCUT2D eigenvalue weighted by Crippen LogP contribution is -2.63. The van der Waals surface area contributed by atoms with Crippen LogP contribution in [-0.2, 0) is 23.7 Å². The molecular formula is C21H32N2O7. The first-order chi connectivity index (χ1) is 13.9. The number of carbonyl (C=O) groups is 3. The second-order valence-corrected chi connectivity index (χ2v) is 9.48. The van der Waals surface area contributed by atoms with Crippen LogP contribution in [0, 0.1) is 0 Å². The fourth-order valence-electron chi connectivity index (χ4n) is 4.84. The number of hydrogen-bond donors (Lipinski definition) is 0. The summed E-state index contributed by atoms with van der Waals surface area (Å²) in [5.41, 5.74) is -3.04. The van der Waals surface area contributed by atoms with Crippen LogP contribution in [0.5, 0.6) is 0 Å². The van der Waals surface area contributed by atoms with Gasteiger partial charge in [0.25, 0.3) is 0 Å². The Bertz CT molecular complexity index is 744. The minimum Gasteiger partial charge on any atom is -0.467 e. The van der Waals surface area contributed by atoms with Gasteiger partial charge in [-0.15, -0.1) is 6.58 Å².